The molecule has 0 amide bonds. The number of rotatable bonds is 5. The normalized spacial score (nSPS) is 11.0. The van der Waals surface area contributed by atoms with Crippen LogP contribution in [0.15, 0.2) is 18.2 Å². The van der Waals surface area contributed by atoms with E-state index in [1.54, 1.807) is 0 Å². The minimum Gasteiger partial charge on any atom is -0.292 e. The Morgan fingerprint density at radius 3 is 2.80 bits per heavy atom. The summed E-state index contributed by atoms with van der Waals surface area (Å²) in [5, 5.41) is 0. The van der Waals surface area contributed by atoms with Crippen molar-refractivity contribution >= 4 is 0 Å². The van der Waals surface area contributed by atoms with Gasteiger partial charge in [0.25, 0.3) is 0 Å². The van der Waals surface area contributed by atoms with E-state index in [2.05, 4.69) is 5.43 Å². The Balaban J connectivity index is 2.53. The van der Waals surface area contributed by atoms with Crippen LogP contribution in [0.3, 0.4) is 0 Å². The second-order valence-corrected chi connectivity index (χ2v) is 3.43. The summed E-state index contributed by atoms with van der Waals surface area (Å²) in [7, 11) is 1.84. The Morgan fingerprint density at radius 2 is 2.13 bits per heavy atom. The molecule has 1 rings (SSSR count). The molecule has 0 saturated carbocycles. The fraction of sp³-hybridized carbons (Fsp3) is 0.400. The first-order valence-electron chi connectivity index (χ1n) is 4.69. The first kappa shape index (κ1) is 12.0. The number of likely N-dealkylation sites (N-methyl/N-ethyl adjacent to an activating group) is 1. The Bertz CT molecular complexity index is 318. The zero-order chi connectivity index (χ0) is 11.3. The van der Waals surface area contributed by atoms with E-state index in [-0.39, 0.29) is 5.82 Å². The van der Waals surface area contributed by atoms with Gasteiger partial charge in [-0.05, 0) is 37.2 Å². The van der Waals surface area contributed by atoms with Crippen LogP contribution < -0.4 is 11.3 Å². The molecular weight excluding hydrogens is 200 g/mol. The van der Waals surface area contributed by atoms with Crippen LogP contribution >= 0.6 is 0 Å². The summed E-state index contributed by atoms with van der Waals surface area (Å²) in [6, 6.07) is 3.48. The van der Waals surface area contributed by atoms with E-state index in [0.29, 0.717) is 25.2 Å². The van der Waals surface area contributed by atoms with Crippen molar-refractivity contribution < 1.29 is 8.78 Å². The minimum atomic E-state index is -0.411. The van der Waals surface area contributed by atoms with Gasteiger partial charge in [-0.15, -0.1) is 0 Å². The Hall–Kier alpha value is -1.04. The first-order valence-corrected chi connectivity index (χ1v) is 4.69. The molecule has 0 bridgehead atoms. The Kier molecular flexibility index (Phi) is 4.61. The van der Waals surface area contributed by atoms with E-state index in [1.807, 2.05) is 11.9 Å². The highest BCUT2D eigenvalue weighted by Crippen LogP contribution is 2.10. The number of benzene rings is 1. The molecule has 1 aromatic rings. The molecule has 0 saturated heterocycles. The molecule has 0 aliphatic rings. The predicted octanol–water partition coefficient (Wildman–Crippen LogP) is 0.860. The molecule has 0 aliphatic heterocycles. The third-order valence-electron chi connectivity index (χ3n) is 2.13. The lowest BCUT2D eigenvalue weighted by Gasteiger charge is -2.15. The fourth-order valence-corrected chi connectivity index (χ4v) is 1.28. The third kappa shape index (κ3) is 3.91. The van der Waals surface area contributed by atoms with Gasteiger partial charge in [0.1, 0.15) is 11.6 Å². The van der Waals surface area contributed by atoms with Crippen LogP contribution in [-0.2, 0) is 6.42 Å². The van der Waals surface area contributed by atoms with E-state index < -0.39 is 5.82 Å². The lowest BCUT2D eigenvalue weighted by atomic mass is 10.1. The molecule has 5 heteroatoms. The maximum atomic E-state index is 13.2. The van der Waals surface area contributed by atoms with E-state index in [4.69, 9.17) is 5.84 Å². The summed E-state index contributed by atoms with van der Waals surface area (Å²) in [6.07, 6.45) is 0.460. The van der Waals surface area contributed by atoms with Crippen LogP contribution in [0.2, 0.25) is 0 Å². The zero-order valence-corrected chi connectivity index (χ0v) is 8.63. The monoisotopic (exact) mass is 215 g/mol. The number of hydrazine groups is 1. The van der Waals surface area contributed by atoms with Gasteiger partial charge in [-0.2, -0.15) is 0 Å². The summed E-state index contributed by atoms with van der Waals surface area (Å²) in [4.78, 5) is 1.88. The number of hydrogen-bond donors (Lipinski definition) is 2. The number of nitrogens with one attached hydrogen (secondary N) is 1. The van der Waals surface area contributed by atoms with Crippen molar-refractivity contribution in [2.45, 2.75) is 6.42 Å². The van der Waals surface area contributed by atoms with Crippen LogP contribution in [0, 0.1) is 11.6 Å². The average Bonchev–Trinajstić information content (AvgIpc) is 2.20. The molecule has 0 radical (unpaired) electrons. The van der Waals surface area contributed by atoms with Crippen LogP contribution in [0.4, 0.5) is 8.78 Å². The fourth-order valence-electron chi connectivity index (χ4n) is 1.28. The number of hydrogen-bond acceptors (Lipinski definition) is 3. The highest BCUT2D eigenvalue weighted by atomic mass is 19.1. The second kappa shape index (κ2) is 5.75. The van der Waals surface area contributed by atoms with Crippen molar-refractivity contribution in [1.82, 2.24) is 10.3 Å². The van der Waals surface area contributed by atoms with Crippen molar-refractivity contribution in [3.05, 3.63) is 35.4 Å². The minimum absolute atomic E-state index is 0.370. The van der Waals surface area contributed by atoms with Gasteiger partial charge >= 0.3 is 0 Å². The molecule has 3 nitrogen and oxygen atoms in total. The molecule has 0 atom stereocenters. The van der Waals surface area contributed by atoms with Crippen molar-refractivity contribution in [3.63, 3.8) is 0 Å². The Morgan fingerprint density at radius 1 is 1.40 bits per heavy atom. The summed E-state index contributed by atoms with van der Waals surface area (Å²) in [6.45, 7) is 1.13. The molecule has 84 valence electrons. The highest BCUT2D eigenvalue weighted by Gasteiger charge is 2.05. The molecule has 15 heavy (non-hydrogen) atoms. The molecule has 3 N–H and O–H groups in total. The first-order chi connectivity index (χ1) is 7.13. The van der Waals surface area contributed by atoms with Crippen molar-refractivity contribution in [3.8, 4) is 0 Å². The van der Waals surface area contributed by atoms with Crippen LogP contribution in [-0.4, -0.2) is 25.2 Å². The van der Waals surface area contributed by atoms with E-state index >= 15 is 0 Å². The van der Waals surface area contributed by atoms with Gasteiger partial charge < -0.3 is 0 Å². The zero-order valence-electron chi connectivity index (χ0n) is 8.63. The topological polar surface area (TPSA) is 41.3 Å². The van der Waals surface area contributed by atoms with Gasteiger partial charge in [0.2, 0.25) is 0 Å². The maximum Gasteiger partial charge on any atom is 0.126 e. The third-order valence-corrected chi connectivity index (χ3v) is 2.13. The van der Waals surface area contributed by atoms with Gasteiger partial charge in [0, 0.05) is 6.54 Å². The Labute approximate surface area is 87.8 Å². The summed E-state index contributed by atoms with van der Waals surface area (Å²) < 4.78 is 26.0. The molecule has 0 spiro atoms. The number of nitrogens with zero attached hydrogens (tertiary/aromatic N) is 1. The summed E-state index contributed by atoms with van der Waals surface area (Å²) >= 11 is 0. The standard InChI is InChI=1S/C10H15F2N3/c1-15(7-14-13)5-4-8-6-9(11)2-3-10(8)12/h2-3,6,14H,4-5,7,13H2,1H3. The van der Waals surface area contributed by atoms with Crippen LogP contribution in [0.5, 0.6) is 0 Å². The average molecular weight is 215 g/mol. The van der Waals surface area contributed by atoms with Crippen molar-refractivity contribution in [1.29, 1.82) is 0 Å². The van der Waals surface area contributed by atoms with Gasteiger partial charge in [0.15, 0.2) is 0 Å². The predicted molar refractivity (Wildman–Crippen MR) is 54.9 cm³/mol. The lowest BCUT2D eigenvalue weighted by Crippen LogP contribution is -2.36. The van der Waals surface area contributed by atoms with Crippen molar-refractivity contribution in [2.24, 2.45) is 5.84 Å². The molecule has 1 aromatic carbocycles. The molecule has 0 fully saturated rings. The maximum absolute atomic E-state index is 13.2. The number of nitrogens with two attached hydrogens (primary N) is 1. The van der Waals surface area contributed by atoms with Gasteiger partial charge in [-0.25, -0.2) is 14.2 Å². The molecule has 0 heterocycles. The molecule has 0 aromatic heterocycles. The molecule has 0 unspecified atom stereocenters. The van der Waals surface area contributed by atoms with E-state index in [1.165, 1.54) is 6.07 Å². The summed E-state index contributed by atoms with van der Waals surface area (Å²) in [5.41, 5.74) is 2.88. The van der Waals surface area contributed by atoms with Crippen LogP contribution in [0.25, 0.3) is 0 Å². The second-order valence-electron chi connectivity index (χ2n) is 3.43. The highest BCUT2D eigenvalue weighted by molar-refractivity contribution is 5.18. The van der Waals surface area contributed by atoms with E-state index in [9.17, 15) is 8.78 Å². The molecular formula is C10H15F2N3. The largest absolute Gasteiger partial charge is 0.292 e. The van der Waals surface area contributed by atoms with Gasteiger partial charge in [-0.1, -0.05) is 0 Å². The van der Waals surface area contributed by atoms with Gasteiger partial charge in [-0.3, -0.25) is 10.7 Å². The molecule has 0 aliphatic carbocycles. The van der Waals surface area contributed by atoms with Crippen LogP contribution in [0.1, 0.15) is 5.56 Å². The van der Waals surface area contributed by atoms with Crippen molar-refractivity contribution in [2.75, 3.05) is 20.3 Å². The van der Waals surface area contributed by atoms with E-state index in [0.717, 1.165) is 12.1 Å². The SMILES string of the molecule is CN(CCc1cc(F)ccc1F)CNN. The quantitative estimate of drug-likeness (QED) is 0.435. The summed E-state index contributed by atoms with van der Waals surface area (Å²) in [5.74, 6) is 4.35. The smallest absolute Gasteiger partial charge is 0.126 e. The lowest BCUT2D eigenvalue weighted by molar-refractivity contribution is 0.311. The number of halogens is 2. The van der Waals surface area contributed by atoms with Gasteiger partial charge in [0.05, 0.1) is 6.67 Å².